The Balaban J connectivity index is 2.25. The number of nitrogens with zero attached hydrogens (tertiary/aromatic N) is 1. The van der Waals surface area contributed by atoms with Crippen LogP contribution in [0, 0.1) is 0 Å². The van der Waals surface area contributed by atoms with Gasteiger partial charge in [0.2, 0.25) is 0 Å². The summed E-state index contributed by atoms with van der Waals surface area (Å²) in [6.45, 7) is 6.13. The van der Waals surface area contributed by atoms with Crippen molar-refractivity contribution in [2.24, 2.45) is 0 Å². The van der Waals surface area contributed by atoms with Crippen molar-refractivity contribution in [1.82, 2.24) is 4.90 Å². The third-order valence-corrected chi connectivity index (χ3v) is 4.50. The van der Waals surface area contributed by atoms with Crippen molar-refractivity contribution in [2.75, 3.05) is 19.7 Å². The van der Waals surface area contributed by atoms with Crippen LogP contribution in [0.1, 0.15) is 32.8 Å². The van der Waals surface area contributed by atoms with Crippen molar-refractivity contribution in [3.05, 3.63) is 33.8 Å². The van der Waals surface area contributed by atoms with Gasteiger partial charge in [0, 0.05) is 13.0 Å². The van der Waals surface area contributed by atoms with Crippen LogP contribution in [0.5, 0.6) is 0 Å². The van der Waals surface area contributed by atoms with Gasteiger partial charge in [0.1, 0.15) is 24.1 Å². The Bertz CT molecular complexity index is 630. The Morgan fingerprint density at radius 3 is 2.62 bits per heavy atom. The highest BCUT2D eigenvalue weighted by Crippen LogP contribution is 2.38. The van der Waals surface area contributed by atoms with Crippen LogP contribution in [0.4, 0.5) is 4.79 Å². The first-order chi connectivity index (χ1) is 11.2. The Kier molecular flexibility index (Phi) is 5.78. The molecular weight excluding hydrogens is 353 g/mol. The van der Waals surface area contributed by atoms with Gasteiger partial charge in [-0.15, -0.1) is 0 Å². The molecule has 0 N–H and O–H groups in total. The minimum absolute atomic E-state index is 0.0671. The van der Waals surface area contributed by atoms with Crippen molar-refractivity contribution in [3.8, 4) is 0 Å². The Labute approximate surface area is 151 Å². The molecule has 0 radical (unpaired) electrons. The number of hydrogen-bond acceptors (Lipinski definition) is 4. The molecular formula is C17H21Cl2NO4. The van der Waals surface area contributed by atoms with Crippen LogP contribution in [-0.2, 0) is 19.9 Å². The quantitative estimate of drug-likeness (QED) is 0.747. The maximum atomic E-state index is 12.3. The van der Waals surface area contributed by atoms with Crippen molar-refractivity contribution in [3.63, 3.8) is 0 Å². The summed E-state index contributed by atoms with van der Waals surface area (Å²) in [7, 11) is 0. The number of rotatable bonds is 4. The van der Waals surface area contributed by atoms with E-state index in [4.69, 9.17) is 32.7 Å². The molecule has 1 fully saturated rings. The Morgan fingerprint density at radius 1 is 1.33 bits per heavy atom. The van der Waals surface area contributed by atoms with Gasteiger partial charge in [-0.25, -0.2) is 4.79 Å². The Morgan fingerprint density at radius 2 is 2.04 bits per heavy atom. The maximum absolute atomic E-state index is 12.3. The lowest BCUT2D eigenvalue weighted by Gasteiger charge is -2.30. The molecule has 1 aliphatic heterocycles. The monoisotopic (exact) mass is 373 g/mol. The largest absolute Gasteiger partial charge is 0.444 e. The summed E-state index contributed by atoms with van der Waals surface area (Å²) in [4.78, 5) is 24.7. The maximum Gasteiger partial charge on any atom is 0.410 e. The van der Waals surface area contributed by atoms with Gasteiger partial charge >= 0.3 is 6.09 Å². The topological polar surface area (TPSA) is 55.8 Å². The van der Waals surface area contributed by atoms with Gasteiger partial charge in [0.25, 0.3) is 0 Å². The zero-order valence-electron chi connectivity index (χ0n) is 14.0. The number of ether oxygens (including phenoxy) is 2. The van der Waals surface area contributed by atoms with Gasteiger partial charge in [-0.1, -0.05) is 29.3 Å². The fourth-order valence-corrected chi connectivity index (χ4v) is 2.97. The summed E-state index contributed by atoms with van der Waals surface area (Å²) in [5.74, 6) is 0. The molecule has 2 rings (SSSR count). The summed E-state index contributed by atoms with van der Waals surface area (Å²) in [5.41, 5.74) is -0.591. The van der Waals surface area contributed by atoms with Gasteiger partial charge in [-0.05, 0) is 38.5 Å². The molecule has 1 atom stereocenters. The predicted molar refractivity (Wildman–Crippen MR) is 92.6 cm³/mol. The van der Waals surface area contributed by atoms with E-state index >= 15 is 0 Å². The number of carbonyl (C=O) groups excluding carboxylic acids is 2. The lowest BCUT2D eigenvalue weighted by atomic mass is 9.92. The second-order valence-corrected chi connectivity index (χ2v) is 7.57. The molecule has 1 aromatic rings. The zero-order chi connectivity index (χ0) is 18.0. The van der Waals surface area contributed by atoms with Gasteiger partial charge < -0.3 is 19.2 Å². The zero-order valence-corrected chi connectivity index (χ0v) is 15.5. The van der Waals surface area contributed by atoms with E-state index < -0.39 is 17.3 Å². The molecule has 1 aliphatic rings. The first kappa shape index (κ1) is 19.0. The molecule has 0 spiro atoms. The van der Waals surface area contributed by atoms with E-state index in [1.165, 1.54) is 0 Å². The van der Waals surface area contributed by atoms with Crippen LogP contribution in [0.25, 0.3) is 0 Å². The molecule has 0 saturated carbocycles. The molecule has 7 heteroatoms. The molecule has 0 aliphatic carbocycles. The van der Waals surface area contributed by atoms with Crippen LogP contribution >= 0.6 is 23.2 Å². The minimum Gasteiger partial charge on any atom is -0.444 e. The fourth-order valence-electron chi connectivity index (χ4n) is 2.67. The Hall–Kier alpha value is -1.30. The van der Waals surface area contributed by atoms with E-state index in [2.05, 4.69) is 0 Å². The summed E-state index contributed by atoms with van der Waals surface area (Å²) in [5, 5.41) is 0.840. The molecule has 1 amide bonds. The summed E-state index contributed by atoms with van der Waals surface area (Å²) < 4.78 is 11.2. The number of hydrogen-bond donors (Lipinski definition) is 0. The second kappa shape index (κ2) is 7.30. The third-order valence-electron chi connectivity index (χ3n) is 3.76. The molecule has 1 unspecified atom stereocenters. The highest BCUT2D eigenvalue weighted by molar-refractivity contribution is 6.42. The summed E-state index contributed by atoms with van der Waals surface area (Å²) in [6.07, 6.45) is 0.826. The molecule has 132 valence electrons. The van der Waals surface area contributed by atoms with E-state index in [1.54, 1.807) is 23.1 Å². The van der Waals surface area contributed by atoms with Gasteiger partial charge in [-0.3, -0.25) is 0 Å². The second-order valence-electron chi connectivity index (χ2n) is 6.75. The number of amides is 1. The first-order valence-corrected chi connectivity index (χ1v) is 8.43. The highest BCUT2D eigenvalue weighted by atomic mass is 35.5. The number of benzene rings is 1. The van der Waals surface area contributed by atoms with Gasteiger partial charge in [0.05, 0.1) is 16.6 Å². The standard InChI is InChI=1S/C17H21Cl2NO4/c1-16(2,3)24-15(22)20-7-6-17(11-20,23-9-8-21)12-4-5-13(18)14(19)10-12/h4-5,8,10H,6-7,9,11H2,1-3H3. The first-order valence-electron chi connectivity index (χ1n) is 7.68. The van der Waals surface area contributed by atoms with E-state index in [-0.39, 0.29) is 13.2 Å². The fraction of sp³-hybridized carbons (Fsp3) is 0.529. The van der Waals surface area contributed by atoms with Crippen LogP contribution in [0.15, 0.2) is 18.2 Å². The smallest absolute Gasteiger partial charge is 0.410 e. The van der Waals surface area contributed by atoms with Crippen molar-refractivity contribution in [1.29, 1.82) is 0 Å². The molecule has 24 heavy (non-hydrogen) atoms. The predicted octanol–water partition coefficient (Wildman–Crippen LogP) is 4.05. The molecule has 1 heterocycles. The average molecular weight is 374 g/mol. The average Bonchev–Trinajstić information content (AvgIpc) is 2.92. The third kappa shape index (κ3) is 4.41. The van der Waals surface area contributed by atoms with Crippen LogP contribution in [0.3, 0.4) is 0 Å². The van der Waals surface area contributed by atoms with Crippen LogP contribution < -0.4 is 0 Å². The number of aldehydes is 1. The van der Waals surface area contributed by atoms with Crippen LogP contribution in [0.2, 0.25) is 10.0 Å². The van der Waals surface area contributed by atoms with Gasteiger partial charge in [-0.2, -0.15) is 0 Å². The summed E-state index contributed by atoms with van der Waals surface area (Å²) >= 11 is 12.1. The number of halogens is 2. The van der Waals surface area contributed by atoms with Crippen LogP contribution in [-0.4, -0.2) is 42.6 Å². The van der Waals surface area contributed by atoms with Gasteiger partial charge in [0.15, 0.2) is 0 Å². The minimum atomic E-state index is -0.800. The lowest BCUT2D eigenvalue weighted by molar-refractivity contribution is -0.119. The highest BCUT2D eigenvalue weighted by Gasteiger charge is 2.43. The summed E-state index contributed by atoms with van der Waals surface area (Å²) in [6, 6.07) is 5.20. The normalized spacial score (nSPS) is 21.0. The lowest BCUT2D eigenvalue weighted by Crippen LogP contribution is -2.39. The van der Waals surface area contributed by atoms with E-state index in [1.807, 2.05) is 20.8 Å². The molecule has 5 nitrogen and oxygen atoms in total. The molecule has 0 bridgehead atoms. The SMILES string of the molecule is CC(C)(C)OC(=O)N1CCC(OCC=O)(c2ccc(Cl)c(Cl)c2)C1. The molecule has 1 aromatic carbocycles. The van der Waals surface area contributed by atoms with E-state index in [0.717, 1.165) is 5.56 Å². The number of likely N-dealkylation sites (tertiary alicyclic amines) is 1. The molecule has 1 saturated heterocycles. The van der Waals surface area contributed by atoms with Crippen molar-refractivity contribution in [2.45, 2.75) is 38.4 Å². The van der Waals surface area contributed by atoms with E-state index in [0.29, 0.717) is 29.3 Å². The van der Waals surface area contributed by atoms with E-state index in [9.17, 15) is 9.59 Å². The van der Waals surface area contributed by atoms with Crippen molar-refractivity contribution < 1.29 is 19.1 Å². The van der Waals surface area contributed by atoms with Crippen molar-refractivity contribution >= 4 is 35.6 Å². The molecule has 0 aromatic heterocycles. The number of carbonyl (C=O) groups is 2.